The van der Waals surface area contributed by atoms with Gasteiger partial charge >= 0.3 is 0 Å². The maximum absolute atomic E-state index is 2.47. The van der Waals surface area contributed by atoms with E-state index < -0.39 is 0 Å². The summed E-state index contributed by atoms with van der Waals surface area (Å²) in [5, 5.41) is 9.87. The highest BCUT2D eigenvalue weighted by Crippen LogP contribution is 2.47. The summed E-state index contributed by atoms with van der Waals surface area (Å²) >= 11 is 0. The van der Waals surface area contributed by atoms with Crippen LogP contribution in [0.1, 0.15) is 0 Å². The summed E-state index contributed by atoms with van der Waals surface area (Å²) in [4.78, 5) is 4.60. The van der Waals surface area contributed by atoms with Crippen LogP contribution in [0.25, 0.3) is 199 Å². The van der Waals surface area contributed by atoms with Crippen LogP contribution >= 0.6 is 0 Å². The average Bonchev–Trinajstić information content (AvgIpc) is 1.57. The zero-order valence-electron chi connectivity index (χ0n) is 75.6. The van der Waals surface area contributed by atoms with Crippen molar-refractivity contribution in [2.75, 3.05) is 9.80 Å². The molecule has 26 rings (SSSR count). The fourth-order valence-corrected chi connectivity index (χ4v) is 20.9. The van der Waals surface area contributed by atoms with Gasteiger partial charge in [-0.1, -0.05) is 352 Å². The fourth-order valence-electron chi connectivity index (χ4n) is 20.9. The highest BCUT2D eigenvalue weighted by molar-refractivity contribution is 6.16. The molecule has 0 saturated heterocycles. The second-order valence-electron chi connectivity index (χ2n) is 35.5. The standard InChI is InChI=1S/C72H51N3.C60H39N3/c1-6-18-58(19-7-1)67-28-16-17-29-70(67)75-71-48-42-59(56-34-30-52(31-35-56)54-38-44-65(45-39-54)73(61-20-8-2-9-21-61)62-22-10-3-11-23-62)50-68(71)69-51-60(43-49-72(69)75)57-36-32-53(33-37-57)55-40-46-66(47-41-55)74(63-24-12-4-13-25-63)64-26-14-5-15-27-64;1-4-16-40(17-5-1)47-22-10-13-25-54(47)63-59-34-30-43(41-28-32-57-50(36-41)48-23-11-14-26-55(48)61(57)45-18-6-2-7-19-45)38-52(59)53-39-44(31-35-60(53)63)42-29-33-58-51(37-42)49-24-12-15-27-56(49)62(58)46-20-8-3-9-21-46/h1-51H;1-39H. The third-order valence-corrected chi connectivity index (χ3v) is 27.4. The molecule has 22 aromatic carbocycles. The SMILES string of the molecule is c1ccc(-c2ccccc2-n2c3ccc(-c4ccc(-c5ccc(N(c6ccccc6)c6ccccc6)cc5)cc4)cc3c3cc(-c4ccc(-c5ccc(N(c6ccccc6)c6ccccc6)cc5)cc4)ccc32)cc1.c1ccc(-c2ccccc2-n2c3ccc(-c4ccc5c(c4)c4ccccc4n5-c4ccccc4)cc3c3cc(-c4ccc5c(c4)c4ccccc4n5-c4ccccc4)ccc32)cc1. The molecular weight excluding hydrogens is 1670 g/mol. The van der Waals surface area contributed by atoms with Gasteiger partial charge in [-0.05, 0) is 272 Å². The first-order valence-electron chi connectivity index (χ1n) is 47.3. The van der Waals surface area contributed by atoms with Crippen LogP contribution in [0.5, 0.6) is 0 Å². The van der Waals surface area contributed by atoms with Crippen LogP contribution in [0.3, 0.4) is 0 Å². The molecule has 0 unspecified atom stereocenters. The van der Waals surface area contributed by atoms with Gasteiger partial charge in [0.2, 0.25) is 0 Å². The van der Waals surface area contributed by atoms with Gasteiger partial charge in [0.1, 0.15) is 0 Å². The summed E-state index contributed by atoms with van der Waals surface area (Å²) in [7, 11) is 0. The van der Waals surface area contributed by atoms with Crippen molar-refractivity contribution in [1.82, 2.24) is 18.3 Å². The molecule has 138 heavy (non-hydrogen) atoms. The molecule has 0 amide bonds. The predicted molar refractivity (Wildman–Crippen MR) is 583 cm³/mol. The molecule has 4 aromatic heterocycles. The molecule has 4 heterocycles. The maximum Gasteiger partial charge on any atom is 0.0541 e. The highest BCUT2D eigenvalue weighted by atomic mass is 15.1. The van der Waals surface area contributed by atoms with E-state index in [-0.39, 0.29) is 0 Å². The van der Waals surface area contributed by atoms with Crippen LogP contribution in [0.2, 0.25) is 0 Å². The second kappa shape index (κ2) is 35.3. The minimum atomic E-state index is 1.11. The van der Waals surface area contributed by atoms with E-state index in [1.54, 1.807) is 0 Å². The summed E-state index contributed by atoms with van der Waals surface area (Å²) in [5.41, 5.74) is 39.9. The lowest BCUT2D eigenvalue weighted by molar-refractivity contribution is 1.18. The molecule has 0 aliphatic heterocycles. The van der Waals surface area contributed by atoms with E-state index in [2.05, 4.69) is 574 Å². The van der Waals surface area contributed by atoms with Crippen molar-refractivity contribution in [3.05, 3.63) is 546 Å². The summed E-state index contributed by atoms with van der Waals surface area (Å²) in [6.07, 6.45) is 0. The van der Waals surface area contributed by atoms with E-state index in [1.807, 2.05) is 0 Å². The predicted octanol–water partition coefficient (Wildman–Crippen LogP) is 36.0. The molecule has 6 nitrogen and oxygen atoms in total. The van der Waals surface area contributed by atoms with Gasteiger partial charge in [0.25, 0.3) is 0 Å². The molecule has 0 spiro atoms. The van der Waals surface area contributed by atoms with Crippen molar-refractivity contribution in [3.8, 4) is 112 Å². The minimum Gasteiger partial charge on any atom is -0.311 e. The molecule has 0 radical (unpaired) electrons. The lowest BCUT2D eigenvalue weighted by atomic mass is 9.97. The van der Waals surface area contributed by atoms with Gasteiger partial charge in [-0.15, -0.1) is 0 Å². The molecule has 0 atom stereocenters. The summed E-state index contributed by atoms with van der Waals surface area (Å²) in [6, 6.07) is 198. The Morgan fingerprint density at radius 2 is 0.304 bits per heavy atom. The van der Waals surface area contributed by atoms with E-state index >= 15 is 0 Å². The van der Waals surface area contributed by atoms with Crippen molar-refractivity contribution >= 4 is 121 Å². The van der Waals surface area contributed by atoms with Crippen LogP contribution < -0.4 is 9.80 Å². The largest absolute Gasteiger partial charge is 0.311 e. The first-order valence-corrected chi connectivity index (χ1v) is 47.3. The number of benzene rings is 22. The Bertz CT molecular complexity index is 8460. The molecule has 0 fully saturated rings. The molecule has 0 aliphatic carbocycles. The van der Waals surface area contributed by atoms with Crippen molar-refractivity contribution < 1.29 is 0 Å². The summed E-state index contributed by atoms with van der Waals surface area (Å²) < 4.78 is 9.68. The van der Waals surface area contributed by atoms with Gasteiger partial charge in [-0.25, -0.2) is 0 Å². The van der Waals surface area contributed by atoms with Gasteiger partial charge in [0.05, 0.1) is 55.5 Å². The monoisotopic (exact) mass is 1760 g/mol. The van der Waals surface area contributed by atoms with E-state index in [9.17, 15) is 0 Å². The molecule has 26 aromatic rings. The fraction of sp³-hybridized carbons (Fsp3) is 0. The van der Waals surface area contributed by atoms with Crippen molar-refractivity contribution in [1.29, 1.82) is 0 Å². The van der Waals surface area contributed by atoms with Crippen molar-refractivity contribution in [2.24, 2.45) is 0 Å². The quantitative estimate of drug-likeness (QED) is 0.0856. The van der Waals surface area contributed by atoms with Crippen LogP contribution in [0, 0.1) is 0 Å². The number of aromatic nitrogens is 4. The molecule has 6 heteroatoms. The Morgan fingerprint density at radius 3 is 0.594 bits per heavy atom. The van der Waals surface area contributed by atoms with E-state index in [0.717, 1.165) is 45.5 Å². The number of hydrogen-bond acceptors (Lipinski definition) is 2. The Labute approximate surface area is 801 Å². The summed E-state index contributed by atoms with van der Waals surface area (Å²) in [5.74, 6) is 0. The third-order valence-electron chi connectivity index (χ3n) is 27.4. The Morgan fingerprint density at radius 1 is 0.116 bits per heavy atom. The van der Waals surface area contributed by atoms with Gasteiger partial charge in [0, 0.05) is 99.7 Å². The number of rotatable bonds is 18. The summed E-state index contributed by atoms with van der Waals surface area (Å²) in [6.45, 7) is 0. The maximum atomic E-state index is 2.47. The van der Waals surface area contributed by atoms with Crippen LogP contribution in [-0.2, 0) is 0 Å². The van der Waals surface area contributed by atoms with Crippen molar-refractivity contribution in [2.45, 2.75) is 0 Å². The second-order valence-corrected chi connectivity index (χ2v) is 35.5. The zero-order chi connectivity index (χ0) is 91.4. The van der Waals surface area contributed by atoms with E-state index in [1.165, 1.54) is 188 Å². The number of hydrogen-bond donors (Lipinski definition) is 0. The van der Waals surface area contributed by atoms with Crippen LogP contribution in [0.4, 0.5) is 34.1 Å². The third kappa shape index (κ3) is 14.9. The molecule has 0 aliphatic rings. The lowest BCUT2D eigenvalue weighted by Crippen LogP contribution is -2.09. The first-order chi connectivity index (χ1) is 68.5. The van der Waals surface area contributed by atoms with Crippen molar-refractivity contribution in [3.63, 3.8) is 0 Å². The number of para-hydroxylation sites is 10. The van der Waals surface area contributed by atoms with E-state index in [4.69, 9.17) is 0 Å². The number of fused-ring (bicyclic) bond motifs is 12. The van der Waals surface area contributed by atoms with E-state index in [0.29, 0.717) is 0 Å². The van der Waals surface area contributed by atoms with Gasteiger partial charge in [0.15, 0.2) is 0 Å². The smallest absolute Gasteiger partial charge is 0.0541 e. The molecule has 648 valence electrons. The number of nitrogens with zero attached hydrogens (tertiary/aromatic N) is 6. The normalized spacial score (nSPS) is 11.5. The Kier molecular flexibility index (Phi) is 20.9. The molecular formula is C132H90N6. The van der Waals surface area contributed by atoms with Gasteiger partial charge in [-0.3, -0.25) is 0 Å². The number of anilines is 6. The van der Waals surface area contributed by atoms with Gasteiger partial charge < -0.3 is 28.1 Å². The molecule has 0 bridgehead atoms. The topological polar surface area (TPSA) is 26.2 Å². The zero-order valence-corrected chi connectivity index (χ0v) is 75.6. The van der Waals surface area contributed by atoms with Crippen LogP contribution in [0.15, 0.2) is 546 Å². The average molecular weight is 1760 g/mol. The molecule has 0 N–H and O–H groups in total. The minimum absolute atomic E-state index is 1.11. The Balaban J connectivity index is 0.000000148. The first kappa shape index (κ1) is 81.6. The molecule has 0 saturated carbocycles. The van der Waals surface area contributed by atoms with Crippen LogP contribution in [-0.4, -0.2) is 18.3 Å². The van der Waals surface area contributed by atoms with Gasteiger partial charge in [-0.2, -0.15) is 0 Å². The highest BCUT2D eigenvalue weighted by Gasteiger charge is 2.24. The Hall–Kier alpha value is -18.4. The lowest BCUT2D eigenvalue weighted by Gasteiger charge is -2.25.